The molecule has 0 saturated carbocycles. The summed E-state index contributed by atoms with van der Waals surface area (Å²) in [5.41, 5.74) is 2.71. The van der Waals surface area contributed by atoms with Crippen LogP contribution < -0.4 is 10.2 Å². The highest BCUT2D eigenvalue weighted by Gasteiger charge is 2.16. The lowest BCUT2D eigenvalue weighted by atomic mass is 10.1. The Morgan fingerprint density at radius 1 is 1.04 bits per heavy atom. The summed E-state index contributed by atoms with van der Waals surface area (Å²) in [5, 5.41) is 2.90. The van der Waals surface area contributed by atoms with Gasteiger partial charge in [-0.05, 0) is 50.7 Å². The number of thiophene rings is 1. The zero-order chi connectivity index (χ0) is 20.1. The number of carbonyl (C=O) groups is 2. The number of carbonyl (C=O) groups excluding carboxylic acids is 2. The number of aryl methyl sites for hydroxylation is 2. The lowest BCUT2D eigenvalue weighted by molar-refractivity contribution is -0.116. The van der Waals surface area contributed by atoms with Gasteiger partial charge in [0.2, 0.25) is 5.91 Å². The van der Waals surface area contributed by atoms with Gasteiger partial charge in [-0.2, -0.15) is 0 Å². The number of nitrogens with one attached hydrogen (secondary N) is 1. The molecule has 1 aromatic carbocycles. The number of piperazine rings is 1. The molecule has 0 aliphatic carbocycles. The van der Waals surface area contributed by atoms with Crippen molar-refractivity contribution < 1.29 is 9.59 Å². The highest BCUT2D eigenvalue weighted by molar-refractivity contribution is 7.12. The highest BCUT2D eigenvalue weighted by Crippen LogP contribution is 2.23. The van der Waals surface area contributed by atoms with Crippen molar-refractivity contribution in [2.24, 2.45) is 0 Å². The number of amides is 1. The fourth-order valence-corrected chi connectivity index (χ4v) is 4.51. The second kappa shape index (κ2) is 9.34. The molecule has 0 spiro atoms. The Morgan fingerprint density at radius 2 is 1.71 bits per heavy atom. The van der Waals surface area contributed by atoms with Crippen LogP contribution in [-0.2, 0) is 4.79 Å². The second-order valence-corrected chi connectivity index (χ2v) is 8.73. The van der Waals surface area contributed by atoms with Crippen LogP contribution in [-0.4, -0.2) is 49.3 Å². The van der Waals surface area contributed by atoms with Gasteiger partial charge in [0.25, 0.3) is 0 Å². The fraction of sp³-hybridized carbons (Fsp3) is 0.455. The Kier molecular flexibility index (Phi) is 6.86. The van der Waals surface area contributed by atoms with Gasteiger partial charge in [-0.25, -0.2) is 0 Å². The van der Waals surface area contributed by atoms with Crippen molar-refractivity contribution in [2.75, 3.05) is 42.9 Å². The number of Topliss-reactive ketones (excluding diaryl/α,β-unsaturated/α-hetero) is 1. The fourth-order valence-electron chi connectivity index (χ4n) is 3.57. The van der Waals surface area contributed by atoms with Crippen LogP contribution in [0.2, 0.25) is 0 Å². The SMILES string of the molecule is CCN1CCN(c2ccc(NC(=O)CCC(=O)c3cc(C)sc3C)cc2)CC1. The summed E-state index contributed by atoms with van der Waals surface area (Å²) in [6.45, 7) is 11.5. The third-order valence-electron chi connectivity index (χ3n) is 5.26. The van der Waals surface area contributed by atoms with E-state index >= 15 is 0 Å². The normalized spacial score (nSPS) is 14.9. The Balaban J connectivity index is 1.48. The second-order valence-electron chi connectivity index (χ2n) is 7.27. The minimum Gasteiger partial charge on any atom is -0.369 e. The van der Waals surface area contributed by atoms with Crippen molar-refractivity contribution in [1.29, 1.82) is 0 Å². The quantitative estimate of drug-likeness (QED) is 0.712. The van der Waals surface area contributed by atoms with Crippen LogP contribution in [0, 0.1) is 13.8 Å². The number of rotatable bonds is 7. The molecule has 0 radical (unpaired) electrons. The molecule has 0 atom stereocenters. The zero-order valence-corrected chi connectivity index (χ0v) is 17.8. The molecule has 1 aromatic heterocycles. The van der Waals surface area contributed by atoms with E-state index in [1.54, 1.807) is 11.3 Å². The van der Waals surface area contributed by atoms with E-state index < -0.39 is 0 Å². The first-order valence-electron chi connectivity index (χ1n) is 9.93. The van der Waals surface area contributed by atoms with E-state index in [-0.39, 0.29) is 24.5 Å². The van der Waals surface area contributed by atoms with Crippen LogP contribution in [0.1, 0.15) is 39.9 Å². The third kappa shape index (κ3) is 5.20. The van der Waals surface area contributed by atoms with Crippen molar-refractivity contribution in [1.82, 2.24) is 4.90 Å². The Labute approximate surface area is 171 Å². The summed E-state index contributed by atoms with van der Waals surface area (Å²) in [7, 11) is 0. The van der Waals surface area contributed by atoms with E-state index in [9.17, 15) is 9.59 Å². The molecule has 2 heterocycles. The Bertz CT molecular complexity index is 821. The summed E-state index contributed by atoms with van der Waals surface area (Å²) in [6, 6.07) is 9.90. The number of nitrogens with zero attached hydrogens (tertiary/aromatic N) is 2. The monoisotopic (exact) mass is 399 g/mol. The number of likely N-dealkylation sites (N-methyl/N-ethyl adjacent to an activating group) is 1. The first kappa shape index (κ1) is 20.6. The summed E-state index contributed by atoms with van der Waals surface area (Å²) in [6.07, 6.45) is 0.441. The Hall–Kier alpha value is -2.18. The van der Waals surface area contributed by atoms with Crippen LogP contribution in [0.15, 0.2) is 30.3 Å². The van der Waals surface area contributed by atoms with Crippen LogP contribution in [0.25, 0.3) is 0 Å². The van der Waals surface area contributed by atoms with E-state index in [1.165, 1.54) is 5.69 Å². The van der Waals surface area contributed by atoms with Gasteiger partial charge in [0.05, 0.1) is 0 Å². The number of hydrogen-bond donors (Lipinski definition) is 1. The molecule has 1 fully saturated rings. The van der Waals surface area contributed by atoms with Crippen LogP contribution in [0.4, 0.5) is 11.4 Å². The minimum atomic E-state index is -0.123. The smallest absolute Gasteiger partial charge is 0.224 e. The predicted molar refractivity (Wildman–Crippen MR) is 117 cm³/mol. The average Bonchev–Trinajstić information content (AvgIpc) is 3.05. The number of anilines is 2. The summed E-state index contributed by atoms with van der Waals surface area (Å²) in [5.74, 6) is -0.0826. The van der Waals surface area contributed by atoms with Gasteiger partial charge in [-0.15, -0.1) is 11.3 Å². The van der Waals surface area contributed by atoms with Crippen LogP contribution in [0.5, 0.6) is 0 Å². The number of benzene rings is 1. The topological polar surface area (TPSA) is 52.6 Å². The molecule has 1 amide bonds. The minimum absolute atomic E-state index is 0.0403. The zero-order valence-electron chi connectivity index (χ0n) is 17.0. The summed E-state index contributed by atoms with van der Waals surface area (Å²) in [4.78, 5) is 31.5. The first-order valence-corrected chi connectivity index (χ1v) is 10.8. The largest absolute Gasteiger partial charge is 0.369 e. The number of hydrogen-bond acceptors (Lipinski definition) is 5. The van der Waals surface area contributed by atoms with Crippen molar-refractivity contribution >= 4 is 34.4 Å². The van der Waals surface area contributed by atoms with Crippen molar-refractivity contribution in [3.8, 4) is 0 Å². The van der Waals surface area contributed by atoms with Gasteiger partial charge in [0, 0.05) is 65.7 Å². The molecule has 5 nitrogen and oxygen atoms in total. The molecule has 28 heavy (non-hydrogen) atoms. The van der Waals surface area contributed by atoms with E-state index in [4.69, 9.17) is 0 Å². The molecule has 1 aliphatic heterocycles. The van der Waals surface area contributed by atoms with Gasteiger partial charge in [0.1, 0.15) is 0 Å². The molecule has 150 valence electrons. The molecule has 6 heteroatoms. The molecule has 1 N–H and O–H groups in total. The van der Waals surface area contributed by atoms with Crippen molar-refractivity contribution in [3.63, 3.8) is 0 Å². The lowest BCUT2D eigenvalue weighted by Gasteiger charge is -2.35. The lowest BCUT2D eigenvalue weighted by Crippen LogP contribution is -2.46. The van der Waals surface area contributed by atoms with Gasteiger partial charge in [-0.3, -0.25) is 9.59 Å². The van der Waals surface area contributed by atoms with Crippen LogP contribution in [0.3, 0.4) is 0 Å². The van der Waals surface area contributed by atoms with Gasteiger partial charge < -0.3 is 15.1 Å². The van der Waals surface area contributed by atoms with E-state index in [0.717, 1.165) is 53.7 Å². The Morgan fingerprint density at radius 3 is 2.29 bits per heavy atom. The maximum Gasteiger partial charge on any atom is 0.224 e. The predicted octanol–water partition coefficient (Wildman–Crippen LogP) is 4.11. The molecule has 1 aliphatic rings. The molecule has 0 unspecified atom stereocenters. The van der Waals surface area contributed by atoms with Crippen molar-refractivity contribution in [3.05, 3.63) is 45.6 Å². The van der Waals surface area contributed by atoms with E-state index in [1.807, 2.05) is 32.0 Å². The molecule has 2 aromatic rings. The maximum absolute atomic E-state index is 12.3. The molecular weight excluding hydrogens is 370 g/mol. The average molecular weight is 400 g/mol. The van der Waals surface area contributed by atoms with Gasteiger partial charge in [0.15, 0.2) is 5.78 Å². The summed E-state index contributed by atoms with van der Waals surface area (Å²) < 4.78 is 0. The standard InChI is InChI=1S/C22H29N3O2S/c1-4-24-11-13-25(14-12-24)19-7-5-18(6-8-19)23-22(27)10-9-21(26)20-15-16(2)28-17(20)3/h5-8,15H,4,9-14H2,1-3H3,(H,23,27). The molecular formula is C22H29N3O2S. The van der Waals surface area contributed by atoms with Gasteiger partial charge in [-0.1, -0.05) is 6.92 Å². The van der Waals surface area contributed by atoms with Gasteiger partial charge >= 0.3 is 0 Å². The first-order chi connectivity index (χ1) is 13.5. The molecule has 3 rings (SSSR count). The molecule has 0 bridgehead atoms. The molecule has 1 saturated heterocycles. The highest BCUT2D eigenvalue weighted by atomic mass is 32.1. The number of ketones is 1. The van der Waals surface area contributed by atoms with Crippen LogP contribution >= 0.6 is 11.3 Å². The maximum atomic E-state index is 12.3. The van der Waals surface area contributed by atoms with E-state index in [2.05, 4.69) is 34.2 Å². The van der Waals surface area contributed by atoms with E-state index in [0.29, 0.717) is 0 Å². The summed E-state index contributed by atoms with van der Waals surface area (Å²) >= 11 is 1.62. The van der Waals surface area contributed by atoms with Crippen molar-refractivity contribution in [2.45, 2.75) is 33.6 Å². The third-order valence-corrected chi connectivity index (χ3v) is 6.22.